The average molecular weight is 393 g/mol. The van der Waals surface area contributed by atoms with Crippen LogP contribution in [0.1, 0.15) is 29.5 Å². The van der Waals surface area contributed by atoms with E-state index >= 15 is 0 Å². The summed E-state index contributed by atoms with van der Waals surface area (Å²) in [5.41, 5.74) is 4.33. The minimum atomic E-state index is 0.278. The number of nitrogens with zero attached hydrogens (tertiary/aromatic N) is 2. The molecule has 154 valence electrons. The summed E-state index contributed by atoms with van der Waals surface area (Å²) in [5.74, 6) is 0.865. The van der Waals surface area contributed by atoms with E-state index in [-0.39, 0.29) is 5.41 Å². The van der Waals surface area contributed by atoms with Crippen LogP contribution in [-0.2, 0) is 23.2 Å². The van der Waals surface area contributed by atoms with Gasteiger partial charge in [0.2, 0.25) is 0 Å². The molecule has 0 radical (unpaired) electrons. The Labute approximate surface area is 174 Å². The maximum absolute atomic E-state index is 5.42. The molecule has 1 heterocycles. The third-order valence-electron chi connectivity index (χ3n) is 6.05. The van der Waals surface area contributed by atoms with Crippen molar-refractivity contribution in [3.05, 3.63) is 71.3 Å². The Morgan fingerprint density at radius 1 is 0.966 bits per heavy atom. The molecular weight excluding hydrogens is 360 g/mol. The standard InChI is InChI=1S/C24H32N4O/c1-25-23(27-19-24(11-12-24)22-5-3-2-4-6-22)26-17-20-7-9-21(10-8-20)18-28-13-15-29-16-14-28/h2-10H,11-19H2,1H3,(H2,25,26,27). The molecule has 2 N–H and O–H groups in total. The van der Waals surface area contributed by atoms with Gasteiger partial charge in [0.1, 0.15) is 0 Å². The van der Waals surface area contributed by atoms with Crippen molar-refractivity contribution in [2.45, 2.75) is 31.3 Å². The van der Waals surface area contributed by atoms with Crippen LogP contribution in [0.3, 0.4) is 0 Å². The summed E-state index contributed by atoms with van der Waals surface area (Å²) in [6.45, 7) is 6.44. The Morgan fingerprint density at radius 3 is 2.31 bits per heavy atom. The van der Waals surface area contributed by atoms with Gasteiger partial charge in [-0.1, -0.05) is 54.6 Å². The third-order valence-corrected chi connectivity index (χ3v) is 6.05. The zero-order chi connectivity index (χ0) is 19.9. The van der Waals surface area contributed by atoms with Gasteiger partial charge in [0, 0.05) is 45.2 Å². The van der Waals surface area contributed by atoms with E-state index in [2.05, 4.69) is 75.1 Å². The van der Waals surface area contributed by atoms with E-state index in [1.54, 1.807) is 0 Å². The first kappa shape index (κ1) is 19.9. The zero-order valence-electron chi connectivity index (χ0n) is 17.4. The lowest BCUT2D eigenvalue weighted by molar-refractivity contribution is 0.0342. The van der Waals surface area contributed by atoms with Crippen LogP contribution in [-0.4, -0.2) is 50.8 Å². The minimum Gasteiger partial charge on any atom is -0.379 e. The first-order valence-electron chi connectivity index (χ1n) is 10.7. The van der Waals surface area contributed by atoms with Gasteiger partial charge in [-0.3, -0.25) is 9.89 Å². The topological polar surface area (TPSA) is 48.9 Å². The summed E-state index contributed by atoms with van der Waals surface area (Å²) in [6, 6.07) is 19.7. The fraction of sp³-hybridized carbons (Fsp3) is 0.458. The van der Waals surface area contributed by atoms with Crippen molar-refractivity contribution >= 4 is 5.96 Å². The molecule has 1 aliphatic carbocycles. The fourth-order valence-electron chi connectivity index (χ4n) is 3.95. The van der Waals surface area contributed by atoms with Gasteiger partial charge in [-0.05, 0) is 29.5 Å². The first-order chi connectivity index (χ1) is 14.3. The Hall–Kier alpha value is -2.37. The summed E-state index contributed by atoms with van der Waals surface area (Å²) >= 11 is 0. The van der Waals surface area contributed by atoms with E-state index in [1.165, 1.54) is 29.5 Å². The predicted octanol–water partition coefficient (Wildman–Crippen LogP) is 2.92. The number of nitrogens with one attached hydrogen (secondary N) is 2. The highest BCUT2D eigenvalue weighted by Crippen LogP contribution is 2.47. The number of ether oxygens (including phenoxy) is 1. The number of morpholine rings is 1. The average Bonchev–Trinajstić information content (AvgIpc) is 3.57. The van der Waals surface area contributed by atoms with Gasteiger partial charge in [-0.2, -0.15) is 0 Å². The number of hydrogen-bond donors (Lipinski definition) is 2. The molecule has 1 saturated heterocycles. The molecule has 2 aromatic carbocycles. The quantitative estimate of drug-likeness (QED) is 0.562. The monoisotopic (exact) mass is 392 g/mol. The molecule has 0 atom stereocenters. The summed E-state index contributed by atoms with van der Waals surface area (Å²) in [5, 5.41) is 6.98. The minimum absolute atomic E-state index is 0.278. The van der Waals surface area contributed by atoms with Crippen LogP contribution < -0.4 is 10.6 Å². The Bertz CT molecular complexity index is 793. The molecule has 4 rings (SSSR count). The smallest absolute Gasteiger partial charge is 0.191 e. The predicted molar refractivity (Wildman–Crippen MR) is 118 cm³/mol. The zero-order valence-corrected chi connectivity index (χ0v) is 17.4. The Balaban J connectivity index is 1.24. The molecule has 2 aromatic rings. The van der Waals surface area contributed by atoms with E-state index < -0.39 is 0 Å². The van der Waals surface area contributed by atoms with Crippen LogP contribution in [0.2, 0.25) is 0 Å². The molecule has 5 nitrogen and oxygen atoms in total. The molecule has 0 bridgehead atoms. The number of benzene rings is 2. The molecule has 2 aliphatic rings. The highest BCUT2D eigenvalue weighted by Gasteiger charge is 2.43. The van der Waals surface area contributed by atoms with Crippen LogP contribution in [0.5, 0.6) is 0 Å². The molecule has 29 heavy (non-hydrogen) atoms. The highest BCUT2D eigenvalue weighted by molar-refractivity contribution is 5.79. The third kappa shape index (κ3) is 5.37. The van der Waals surface area contributed by atoms with Crippen LogP contribution in [0.4, 0.5) is 0 Å². The Morgan fingerprint density at radius 2 is 1.66 bits per heavy atom. The summed E-state index contributed by atoms with van der Waals surface area (Å²) in [4.78, 5) is 6.85. The maximum atomic E-state index is 5.42. The largest absolute Gasteiger partial charge is 0.379 e. The second-order valence-electron chi connectivity index (χ2n) is 8.13. The Kier molecular flexibility index (Phi) is 6.47. The second-order valence-corrected chi connectivity index (χ2v) is 8.13. The molecule has 1 saturated carbocycles. The summed E-state index contributed by atoms with van der Waals surface area (Å²) in [6.07, 6.45) is 2.48. The molecule has 0 amide bonds. The molecule has 1 aliphatic heterocycles. The van der Waals surface area contributed by atoms with E-state index in [9.17, 15) is 0 Å². The molecule has 0 spiro atoms. The van der Waals surface area contributed by atoms with Crippen LogP contribution in [0.25, 0.3) is 0 Å². The van der Waals surface area contributed by atoms with Crippen molar-refractivity contribution < 1.29 is 4.74 Å². The van der Waals surface area contributed by atoms with Crippen molar-refractivity contribution in [1.82, 2.24) is 15.5 Å². The van der Waals surface area contributed by atoms with Crippen LogP contribution in [0.15, 0.2) is 59.6 Å². The van der Waals surface area contributed by atoms with Gasteiger partial charge in [-0.25, -0.2) is 0 Å². The van der Waals surface area contributed by atoms with Crippen molar-refractivity contribution in [3.8, 4) is 0 Å². The van der Waals surface area contributed by atoms with Gasteiger partial charge in [0.05, 0.1) is 13.2 Å². The molecule has 0 unspecified atom stereocenters. The first-order valence-corrected chi connectivity index (χ1v) is 10.7. The second kappa shape index (κ2) is 9.42. The lowest BCUT2D eigenvalue weighted by Crippen LogP contribution is -2.40. The van der Waals surface area contributed by atoms with E-state index in [4.69, 9.17) is 4.74 Å². The van der Waals surface area contributed by atoms with Crippen molar-refractivity contribution in [1.29, 1.82) is 0 Å². The number of guanidine groups is 1. The van der Waals surface area contributed by atoms with E-state index in [1.807, 2.05) is 7.05 Å². The van der Waals surface area contributed by atoms with E-state index in [0.717, 1.165) is 51.9 Å². The molecule has 0 aromatic heterocycles. The fourth-order valence-corrected chi connectivity index (χ4v) is 3.95. The lowest BCUT2D eigenvalue weighted by atomic mass is 9.96. The molecular formula is C24H32N4O. The van der Waals surface area contributed by atoms with E-state index in [0.29, 0.717) is 0 Å². The molecule has 5 heteroatoms. The summed E-state index contributed by atoms with van der Waals surface area (Å²) in [7, 11) is 1.84. The van der Waals surface area contributed by atoms with Gasteiger partial charge in [0.15, 0.2) is 5.96 Å². The number of hydrogen-bond acceptors (Lipinski definition) is 3. The SMILES string of the molecule is CN=C(NCc1ccc(CN2CCOCC2)cc1)NCC1(c2ccccc2)CC1. The van der Waals surface area contributed by atoms with Gasteiger partial charge in [0.25, 0.3) is 0 Å². The summed E-state index contributed by atoms with van der Waals surface area (Å²) < 4.78 is 5.42. The molecule has 2 fully saturated rings. The van der Waals surface area contributed by atoms with Gasteiger partial charge >= 0.3 is 0 Å². The van der Waals surface area contributed by atoms with Crippen LogP contribution in [0, 0.1) is 0 Å². The highest BCUT2D eigenvalue weighted by atomic mass is 16.5. The van der Waals surface area contributed by atoms with Crippen molar-refractivity contribution in [2.24, 2.45) is 4.99 Å². The number of rotatable bonds is 7. The van der Waals surface area contributed by atoms with Crippen molar-refractivity contribution in [2.75, 3.05) is 39.9 Å². The lowest BCUT2D eigenvalue weighted by Gasteiger charge is -2.26. The normalized spacial score (nSPS) is 19.0. The van der Waals surface area contributed by atoms with Crippen LogP contribution >= 0.6 is 0 Å². The van der Waals surface area contributed by atoms with Gasteiger partial charge in [-0.15, -0.1) is 0 Å². The maximum Gasteiger partial charge on any atom is 0.191 e. The van der Waals surface area contributed by atoms with Gasteiger partial charge < -0.3 is 15.4 Å². The number of aliphatic imine (C=N–C) groups is 1. The van der Waals surface area contributed by atoms with Crippen molar-refractivity contribution in [3.63, 3.8) is 0 Å².